The van der Waals surface area contributed by atoms with Crippen LogP contribution < -0.4 is 5.73 Å². The fraction of sp³-hybridized carbons (Fsp3) is 0.500. The molecule has 0 fully saturated rings. The summed E-state index contributed by atoms with van der Waals surface area (Å²) in [5.74, 6) is 0.428. The molecule has 1 atom stereocenters. The average Bonchev–Trinajstić information content (AvgIpc) is 2.15. The van der Waals surface area contributed by atoms with Crippen LogP contribution in [0, 0.1) is 5.92 Å². The van der Waals surface area contributed by atoms with Crippen molar-refractivity contribution in [2.24, 2.45) is 11.7 Å². The zero-order valence-corrected chi connectivity index (χ0v) is 9.38. The zero-order valence-electron chi connectivity index (χ0n) is 9.38. The van der Waals surface area contributed by atoms with Crippen LogP contribution in [0.5, 0.6) is 0 Å². The number of hydrogen-bond donors (Lipinski definition) is 1. The van der Waals surface area contributed by atoms with E-state index < -0.39 is 11.7 Å². The fourth-order valence-electron chi connectivity index (χ4n) is 1.56. The van der Waals surface area contributed by atoms with E-state index in [1.807, 2.05) is 13.8 Å². The van der Waals surface area contributed by atoms with Gasteiger partial charge >= 0.3 is 6.18 Å². The third-order valence-corrected chi connectivity index (χ3v) is 2.39. The van der Waals surface area contributed by atoms with Crippen LogP contribution in [0.4, 0.5) is 13.2 Å². The van der Waals surface area contributed by atoms with E-state index in [9.17, 15) is 13.2 Å². The molecule has 2 N–H and O–H groups in total. The van der Waals surface area contributed by atoms with Crippen LogP contribution in [0.15, 0.2) is 24.3 Å². The van der Waals surface area contributed by atoms with Crippen molar-refractivity contribution in [1.82, 2.24) is 0 Å². The maximum Gasteiger partial charge on any atom is 0.416 e. The van der Waals surface area contributed by atoms with Crippen LogP contribution in [0.2, 0.25) is 0 Å². The molecule has 4 heteroatoms. The lowest BCUT2D eigenvalue weighted by Gasteiger charge is -2.15. The summed E-state index contributed by atoms with van der Waals surface area (Å²) < 4.78 is 36.9. The average molecular weight is 231 g/mol. The SMILES string of the molecule is CC(C)C[C@H](N)c1ccc(C(F)(F)F)cc1. The van der Waals surface area contributed by atoms with Gasteiger partial charge in [0, 0.05) is 6.04 Å². The molecule has 0 saturated carbocycles. The molecule has 0 saturated heterocycles. The topological polar surface area (TPSA) is 26.0 Å². The van der Waals surface area contributed by atoms with Gasteiger partial charge in [0.2, 0.25) is 0 Å². The second kappa shape index (κ2) is 4.87. The minimum Gasteiger partial charge on any atom is -0.324 e. The molecule has 90 valence electrons. The molecule has 0 aliphatic rings. The lowest BCUT2D eigenvalue weighted by Crippen LogP contribution is -2.13. The third kappa shape index (κ3) is 3.52. The fourth-order valence-corrected chi connectivity index (χ4v) is 1.56. The van der Waals surface area contributed by atoms with Gasteiger partial charge in [-0.25, -0.2) is 0 Å². The van der Waals surface area contributed by atoms with Crippen molar-refractivity contribution < 1.29 is 13.2 Å². The van der Waals surface area contributed by atoms with E-state index in [2.05, 4.69) is 0 Å². The van der Waals surface area contributed by atoms with Crippen molar-refractivity contribution in [2.75, 3.05) is 0 Å². The number of hydrogen-bond acceptors (Lipinski definition) is 1. The molecule has 0 unspecified atom stereocenters. The van der Waals surface area contributed by atoms with Gasteiger partial charge in [-0.1, -0.05) is 26.0 Å². The molecule has 0 aliphatic heterocycles. The number of nitrogens with two attached hydrogens (primary N) is 1. The monoisotopic (exact) mass is 231 g/mol. The van der Waals surface area contributed by atoms with E-state index in [-0.39, 0.29) is 6.04 Å². The van der Waals surface area contributed by atoms with Crippen molar-refractivity contribution in [3.8, 4) is 0 Å². The van der Waals surface area contributed by atoms with E-state index >= 15 is 0 Å². The largest absolute Gasteiger partial charge is 0.416 e. The molecule has 1 aromatic carbocycles. The maximum absolute atomic E-state index is 12.3. The molecular formula is C12H16F3N. The van der Waals surface area contributed by atoms with Crippen molar-refractivity contribution in [2.45, 2.75) is 32.5 Å². The highest BCUT2D eigenvalue weighted by Crippen LogP contribution is 2.30. The van der Waals surface area contributed by atoms with Gasteiger partial charge in [-0.05, 0) is 30.0 Å². The zero-order chi connectivity index (χ0) is 12.3. The first-order chi connectivity index (χ1) is 7.30. The summed E-state index contributed by atoms with van der Waals surface area (Å²) in [6.45, 7) is 4.06. The standard InChI is InChI=1S/C12H16F3N/c1-8(2)7-11(16)9-3-5-10(6-4-9)12(13,14)15/h3-6,8,11H,7,16H2,1-2H3/t11-/m0/s1. The Morgan fingerprint density at radius 1 is 1.12 bits per heavy atom. The Morgan fingerprint density at radius 3 is 2.00 bits per heavy atom. The normalized spacial score (nSPS) is 14.2. The van der Waals surface area contributed by atoms with Crippen LogP contribution in [0.3, 0.4) is 0 Å². The smallest absolute Gasteiger partial charge is 0.324 e. The Morgan fingerprint density at radius 2 is 1.62 bits per heavy atom. The predicted octanol–water partition coefficient (Wildman–Crippen LogP) is 3.75. The van der Waals surface area contributed by atoms with Crippen molar-refractivity contribution in [3.05, 3.63) is 35.4 Å². The van der Waals surface area contributed by atoms with Crippen LogP contribution in [0.1, 0.15) is 37.4 Å². The molecule has 0 bridgehead atoms. The minimum atomic E-state index is -4.28. The first-order valence-corrected chi connectivity index (χ1v) is 5.23. The van der Waals surface area contributed by atoms with Gasteiger partial charge in [0.05, 0.1) is 5.56 Å². The number of benzene rings is 1. The predicted molar refractivity (Wildman–Crippen MR) is 57.8 cm³/mol. The maximum atomic E-state index is 12.3. The summed E-state index contributed by atoms with van der Waals surface area (Å²) in [6.07, 6.45) is -3.51. The highest BCUT2D eigenvalue weighted by atomic mass is 19.4. The first-order valence-electron chi connectivity index (χ1n) is 5.23. The van der Waals surface area contributed by atoms with Gasteiger partial charge in [0.15, 0.2) is 0 Å². The molecule has 0 aliphatic carbocycles. The van der Waals surface area contributed by atoms with Gasteiger partial charge in [-0.3, -0.25) is 0 Å². The van der Waals surface area contributed by atoms with E-state index in [0.29, 0.717) is 5.92 Å². The molecule has 1 rings (SSSR count). The Labute approximate surface area is 93.5 Å². The van der Waals surface area contributed by atoms with Gasteiger partial charge in [-0.2, -0.15) is 13.2 Å². The quantitative estimate of drug-likeness (QED) is 0.842. The molecule has 1 aromatic rings. The minimum absolute atomic E-state index is 0.192. The summed E-state index contributed by atoms with van der Waals surface area (Å²) in [5.41, 5.74) is 5.99. The van der Waals surface area contributed by atoms with Crippen molar-refractivity contribution >= 4 is 0 Å². The number of rotatable bonds is 3. The molecule has 0 aromatic heterocycles. The van der Waals surface area contributed by atoms with E-state index in [1.165, 1.54) is 12.1 Å². The highest BCUT2D eigenvalue weighted by molar-refractivity contribution is 5.26. The van der Waals surface area contributed by atoms with Gasteiger partial charge in [0.1, 0.15) is 0 Å². The molecule has 0 heterocycles. The molecular weight excluding hydrogens is 215 g/mol. The van der Waals surface area contributed by atoms with Crippen LogP contribution >= 0.6 is 0 Å². The Bertz CT molecular complexity index is 327. The summed E-state index contributed by atoms with van der Waals surface area (Å²) in [5, 5.41) is 0. The van der Waals surface area contributed by atoms with Gasteiger partial charge < -0.3 is 5.73 Å². The van der Waals surface area contributed by atoms with Crippen molar-refractivity contribution in [3.63, 3.8) is 0 Å². The lowest BCUT2D eigenvalue weighted by molar-refractivity contribution is -0.137. The second-order valence-electron chi connectivity index (χ2n) is 4.36. The van der Waals surface area contributed by atoms with E-state index in [1.54, 1.807) is 0 Å². The van der Waals surface area contributed by atoms with E-state index in [0.717, 1.165) is 24.1 Å². The molecule has 1 nitrogen and oxygen atoms in total. The molecule has 0 spiro atoms. The Balaban J connectivity index is 2.79. The van der Waals surface area contributed by atoms with Crippen LogP contribution in [-0.4, -0.2) is 0 Å². The van der Waals surface area contributed by atoms with E-state index in [4.69, 9.17) is 5.73 Å². The summed E-state index contributed by atoms with van der Waals surface area (Å²) in [6, 6.07) is 4.87. The Kier molecular flexibility index (Phi) is 3.97. The highest BCUT2D eigenvalue weighted by Gasteiger charge is 2.30. The lowest BCUT2D eigenvalue weighted by atomic mass is 9.97. The van der Waals surface area contributed by atoms with Gasteiger partial charge in [0.25, 0.3) is 0 Å². The summed E-state index contributed by atoms with van der Waals surface area (Å²) in [4.78, 5) is 0. The molecule has 16 heavy (non-hydrogen) atoms. The second-order valence-corrected chi connectivity index (χ2v) is 4.36. The van der Waals surface area contributed by atoms with Gasteiger partial charge in [-0.15, -0.1) is 0 Å². The number of halogens is 3. The summed E-state index contributed by atoms with van der Waals surface area (Å²) >= 11 is 0. The molecule has 0 radical (unpaired) electrons. The molecule has 0 amide bonds. The van der Waals surface area contributed by atoms with Crippen molar-refractivity contribution in [1.29, 1.82) is 0 Å². The third-order valence-electron chi connectivity index (χ3n) is 2.39. The summed E-state index contributed by atoms with van der Waals surface area (Å²) in [7, 11) is 0. The number of alkyl halides is 3. The first kappa shape index (κ1) is 13.0. The van der Waals surface area contributed by atoms with Crippen LogP contribution in [-0.2, 0) is 6.18 Å². The van der Waals surface area contributed by atoms with Crippen LogP contribution in [0.25, 0.3) is 0 Å². The Hall–Kier alpha value is -1.03.